The maximum absolute atomic E-state index is 12.7. The van der Waals surface area contributed by atoms with Gasteiger partial charge in [-0.3, -0.25) is 4.79 Å². The van der Waals surface area contributed by atoms with Gasteiger partial charge in [-0.15, -0.1) is 0 Å². The number of furan rings is 1. The molecule has 0 bridgehead atoms. The number of carbonyl (C=O) groups excluding carboxylic acids is 1. The number of piperidine rings is 1. The van der Waals surface area contributed by atoms with E-state index in [-0.39, 0.29) is 12.0 Å². The fourth-order valence-corrected chi connectivity index (χ4v) is 3.40. The molecule has 23 heavy (non-hydrogen) atoms. The van der Waals surface area contributed by atoms with E-state index in [0.717, 1.165) is 25.9 Å². The number of ether oxygens (including phenoxy) is 1. The summed E-state index contributed by atoms with van der Waals surface area (Å²) in [7, 11) is 1.76. The molecule has 1 aliphatic rings. The van der Waals surface area contributed by atoms with Crippen molar-refractivity contribution in [2.24, 2.45) is 5.92 Å². The van der Waals surface area contributed by atoms with Gasteiger partial charge in [0.05, 0.1) is 17.9 Å². The molecule has 1 aliphatic heterocycles. The highest BCUT2D eigenvalue weighted by Crippen LogP contribution is 2.25. The SMILES string of the molecule is CO[C@H]1CCN(C(=O)c2ccoc2C)C[C@@H]1Cc1ccccc1. The van der Waals surface area contributed by atoms with Crippen molar-refractivity contribution in [2.75, 3.05) is 20.2 Å². The lowest BCUT2D eigenvalue weighted by atomic mass is 9.88. The van der Waals surface area contributed by atoms with Crippen LogP contribution in [-0.2, 0) is 11.2 Å². The average molecular weight is 313 g/mol. The summed E-state index contributed by atoms with van der Waals surface area (Å²) in [5.41, 5.74) is 1.95. The van der Waals surface area contributed by atoms with E-state index in [2.05, 4.69) is 24.3 Å². The molecule has 122 valence electrons. The van der Waals surface area contributed by atoms with Crippen LogP contribution in [0, 0.1) is 12.8 Å². The number of methoxy groups -OCH3 is 1. The number of carbonyl (C=O) groups is 1. The molecule has 2 atom stereocenters. The minimum atomic E-state index is 0.0591. The highest BCUT2D eigenvalue weighted by Gasteiger charge is 2.32. The minimum absolute atomic E-state index is 0.0591. The Bertz CT molecular complexity index is 650. The summed E-state index contributed by atoms with van der Waals surface area (Å²) in [4.78, 5) is 14.6. The molecular weight excluding hydrogens is 290 g/mol. The molecule has 1 fully saturated rings. The van der Waals surface area contributed by atoms with Crippen molar-refractivity contribution < 1.29 is 13.9 Å². The third-order valence-electron chi connectivity index (χ3n) is 4.68. The van der Waals surface area contributed by atoms with Crippen LogP contribution in [0.1, 0.15) is 28.1 Å². The normalized spacial score (nSPS) is 21.4. The van der Waals surface area contributed by atoms with Gasteiger partial charge >= 0.3 is 0 Å². The van der Waals surface area contributed by atoms with E-state index in [1.165, 1.54) is 5.56 Å². The zero-order chi connectivity index (χ0) is 16.2. The van der Waals surface area contributed by atoms with Crippen molar-refractivity contribution >= 4 is 5.91 Å². The van der Waals surface area contributed by atoms with Gasteiger partial charge in [-0.2, -0.15) is 0 Å². The Balaban J connectivity index is 1.73. The number of amides is 1. The molecule has 2 aromatic rings. The Hall–Kier alpha value is -2.07. The van der Waals surface area contributed by atoms with Gasteiger partial charge in [0.2, 0.25) is 0 Å². The van der Waals surface area contributed by atoms with Gasteiger partial charge in [0, 0.05) is 26.1 Å². The highest BCUT2D eigenvalue weighted by atomic mass is 16.5. The molecule has 0 saturated carbocycles. The lowest BCUT2D eigenvalue weighted by molar-refractivity contribution is -0.00303. The van der Waals surface area contributed by atoms with E-state index < -0.39 is 0 Å². The Kier molecular flexibility index (Phi) is 4.82. The van der Waals surface area contributed by atoms with Crippen LogP contribution in [0.25, 0.3) is 0 Å². The summed E-state index contributed by atoms with van der Waals surface area (Å²) in [6, 6.07) is 12.2. The van der Waals surface area contributed by atoms with Gasteiger partial charge < -0.3 is 14.1 Å². The number of hydrogen-bond donors (Lipinski definition) is 0. The van der Waals surface area contributed by atoms with Crippen LogP contribution < -0.4 is 0 Å². The maximum atomic E-state index is 12.7. The molecule has 4 heteroatoms. The molecule has 1 amide bonds. The van der Waals surface area contributed by atoms with Crippen molar-refractivity contribution in [1.82, 2.24) is 4.90 Å². The van der Waals surface area contributed by atoms with Crippen molar-refractivity contribution in [1.29, 1.82) is 0 Å². The largest absolute Gasteiger partial charge is 0.469 e. The zero-order valence-electron chi connectivity index (χ0n) is 13.7. The first-order valence-electron chi connectivity index (χ1n) is 8.09. The van der Waals surface area contributed by atoms with Crippen LogP contribution in [-0.4, -0.2) is 37.1 Å². The number of hydrogen-bond acceptors (Lipinski definition) is 3. The third-order valence-corrected chi connectivity index (χ3v) is 4.68. The standard InChI is InChI=1S/C19H23NO3/c1-14-17(9-11-23-14)19(21)20-10-8-18(22-2)16(13-20)12-15-6-4-3-5-7-15/h3-7,9,11,16,18H,8,10,12-13H2,1-2H3/t16-,18-/m0/s1. The Morgan fingerprint density at radius 2 is 2.09 bits per heavy atom. The molecule has 0 unspecified atom stereocenters. The number of benzene rings is 1. The summed E-state index contributed by atoms with van der Waals surface area (Å²) < 4.78 is 10.9. The molecule has 3 rings (SSSR count). The molecule has 0 radical (unpaired) electrons. The number of likely N-dealkylation sites (tertiary alicyclic amines) is 1. The first kappa shape index (κ1) is 15.8. The Morgan fingerprint density at radius 1 is 1.30 bits per heavy atom. The smallest absolute Gasteiger partial charge is 0.257 e. The van der Waals surface area contributed by atoms with E-state index in [4.69, 9.17) is 9.15 Å². The molecular formula is C19H23NO3. The second-order valence-electron chi connectivity index (χ2n) is 6.15. The van der Waals surface area contributed by atoms with Gasteiger partial charge in [0.1, 0.15) is 5.76 Å². The highest BCUT2D eigenvalue weighted by molar-refractivity contribution is 5.95. The molecule has 0 N–H and O–H groups in total. The van der Waals surface area contributed by atoms with Crippen LogP contribution in [0.15, 0.2) is 47.1 Å². The summed E-state index contributed by atoms with van der Waals surface area (Å²) in [6.45, 7) is 3.28. The average Bonchev–Trinajstić information content (AvgIpc) is 3.01. The van der Waals surface area contributed by atoms with Crippen molar-refractivity contribution in [3.05, 3.63) is 59.5 Å². The van der Waals surface area contributed by atoms with Gasteiger partial charge in [-0.1, -0.05) is 30.3 Å². The first-order valence-corrected chi connectivity index (χ1v) is 8.09. The molecule has 4 nitrogen and oxygen atoms in total. The number of aryl methyl sites for hydroxylation is 1. The summed E-state index contributed by atoms with van der Waals surface area (Å²) in [5.74, 6) is 1.06. The van der Waals surface area contributed by atoms with Crippen LogP contribution in [0.3, 0.4) is 0 Å². The van der Waals surface area contributed by atoms with E-state index in [9.17, 15) is 4.79 Å². The quantitative estimate of drug-likeness (QED) is 0.870. The van der Waals surface area contributed by atoms with Crippen molar-refractivity contribution in [3.63, 3.8) is 0 Å². The van der Waals surface area contributed by atoms with Gasteiger partial charge in [-0.25, -0.2) is 0 Å². The number of rotatable bonds is 4. The predicted octanol–water partition coefficient (Wildman–Crippen LogP) is 3.31. The first-order chi connectivity index (χ1) is 11.2. The van der Waals surface area contributed by atoms with Crippen LogP contribution in [0.5, 0.6) is 0 Å². The fraction of sp³-hybridized carbons (Fsp3) is 0.421. The molecule has 1 saturated heterocycles. The van der Waals surface area contributed by atoms with E-state index in [1.54, 1.807) is 19.4 Å². The lowest BCUT2D eigenvalue weighted by Crippen LogP contribution is -2.47. The van der Waals surface area contributed by atoms with Crippen LogP contribution in [0.2, 0.25) is 0 Å². The topological polar surface area (TPSA) is 42.7 Å². The molecule has 1 aromatic heterocycles. The monoisotopic (exact) mass is 313 g/mol. The zero-order valence-corrected chi connectivity index (χ0v) is 13.7. The van der Waals surface area contributed by atoms with Crippen LogP contribution >= 0.6 is 0 Å². The molecule has 1 aromatic carbocycles. The fourth-order valence-electron chi connectivity index (χ4n) is 3.40. The van der Waals surface area contributed by atoms with Gasteiger partial charge in [0.15, 0.2) is 0 Å². The predicted molar refractivity (Wildman–Crippen MR) is 88.4 cm³/mol. The Labute approximate surface area is 137 Å². The third kappa shape index (κ3) is 3.48. The molecule has 0 spiro atoms. The second kappa shape index (κ2) is 7.01. The van der Waals surface area contributed by atoms with Gasteiger partial charge in [0.25, 0.3) is 5.91 Å². The summed E-state index contributed by atoms with van der Waals surface area (Å²) in [6.07, 6.45) is 3.57. The second-order valence-corrected chi connectivity index (χ2v) is 6.15. The molecule has 2 heterocycles. The van der Waals surface area contributed by atoms with Gasteiger partial charge in [-0.05, 0) is 31.4 Å². The summed E-state index contributed by atoms with van der Waals surface area (Å²) in [5, 5.41) is 0. The van der Waals surface area contributed by atoms with Crippen molar-refractivity contribution in [2.45, 2.75) is 25.9 Å². The lowest BCUT2D eigenvalue weighted by Gasteiger charge is -2.38. The molecule has 0 aliphatic carbocycles. The van der Waals surface area contributed by atoms with Crippen LogP contribution in [0.4, 0.5) is 0 Å². The minimum Gasteiger partial charge on any atom is -0.469 e. The van der Waals surface area contributed by atoms with E-state index in [0.29, 0.717) is 17.2 Å². The van der Waals surface area contributed by atoms with E-state index >= 15 is 0 Å². The van der Waals surface area contributed by atoms with Crippen molar-refractivity contribution in [3.8, 4) is 0 Å². The Morgan fingerprint density at radius 3 is 2.74 bits per heavy atom. The maximum Gasteiger partial charge on any atom is 0.257 e. The van der Waals surface area contributed by atoms with E-state index in [1.807, 2.05) is 17.9 Å². The summed E-state index contributed by atoms with van der Waals surface area (Å²) >= 11 is 0. The number of nitrogens with zero attached hydrogens (tertiary/aromatic N) is 1.